The summed E-state index contributed by atoms with van der Waals surface area (Å²) in [4.78, 5) is 6.90. The maximum atomic E-state index is 12.1. The van der Waals surface area contributed by atoms with Gasteiger partial charge >= 0.3 is 5.76 Å². The maximum Gasteiger partial charge on any atom is 0.344 e. The maximum absolute atomic E-state index is 12.1. The number of aryl methyl sites for hydroxylation is 2. The number of hydrogen-bond acceptors (Lipinski definition) is 4. The minimum absolute atomic E-state index is 0.344. The lowest BCUT2D eigenvalue weighted by molar-refractivity contribution is 0.233. The Kier molecular flexibility index (Phi) is 2.79. The topological polar surface area (TPSA) is 59.9 Å². The summed E-state index contributed by atoms with van der Waals surface area (Å²) in [5.74, 6) is -3.48. The van der Waals surface area contributed by atoms with E-state index >= 15 is 0 Å². The highest BCUT2D eigenvalue weighted by atomic mass is 32.2. The number of aromatic nitrogens is 2. The quantitative estimate of drug-likeness (QED) is 0.703. The van der Waals surface area contributed by atoms with E-state index in [1.54, 1.807) is 0 Å². The molecule has 0 unspecified atom stereocenters. The van der Waals surface area contributed by atoms with Crippen molar-refractivity contribution >= 4 is 9.84 Å². The van der Waals surface area contributed by atoms with E-state index in [2.05, 4.69) is 9.97 Å². The van der Waals surface area contributed by atoms with E-state index in [-0.39, 0.29) is 0 Å². The van der Waals surface area contributed by atoms with Crippen LogP contribution in [-0.2, 0) is 9.84 Å². The van der Waals surface area contributed by atoms with Crippen molar-refractivity contribution in [3.8, 4) is 0 Å². The van der Waals surface area contributed by atoms with E-state index in [0.29, 0.717) is 11.4 Å². The first-order valence-electron chi connectivity index (χ1n) is 3.68. The molecule has 0 saturated heterocycles. The Hall–Kier alpha value is -1.11. The largest absolute Gasteiger partial charge is 0.344 e. The molecule has 1 aromatic rings. The van der Waals surface area contributed by atoms with Crippen LogP contribution in [0.25, 0.3) is 0 Å². The van der Waals surface area contributed by atoms with Gasteiger partial charge in [-0.1, -0.05) is 0 Å². The van der Waals surface area contributed by atoms with Gasteiger partial charge in [0, 0.05) is 11.4 Å². The lowest BCUT2D eigenvalue weighted by Gasteiger charge is -2.03. The monoisotopic (exact) mass is 222 g/mol. The first-order valence-corrected chi connectivity index (χ1v) is 5.23. The molecule has 0 spiro atoms. The van der Waals surface area contributed by atoms with Gasteiger partial charge in [0.05, 0.1) is 0 Å². The predicted molar refractivity (Wildman–Crippen MR) is 44.7 cm³/mol. The Labute approximate surface area is 79.9 Å². The number of alkyl halides is 2. The Bertz CT molecular complexity index is 425. The molecule has 1 aromatic heterocycles. The number of sulfone groups is 1. The number of halogens is 2. The molecular weight excluding hydrogens is 214 g/mol. The Morgan fingerprint density at radius 3 is 2.00 bits per heavy atom. The summed E-state index contributed by atoms with van der Waals surface area (Å²) < 4.78 is 46.1. The van der Waals surface area contributed by atoms with Crippen LogP contribution in [0.4, 0.5) is 8.78 Å². The molecule has 0 bridgehead atoms. The van der Waals surface area contributed by atoms with Crippen LogP contribution in [0.2, 0.25) is 0 Å². The molecule has 14 heavy (non-hydrogen) atoms. The van der Waals surface area contributed by atoms with Gasteiger partial charge in [-0.15, -0.1) is 0 Å². The molecule has 0 aliphatic heterocycles. The van der Waals surface area contributed by atoms with Crippen LogP contribution in [0.3, 0.4) is 0 Å². The fourth-order valence-electron chi connectivity index (χ4n) is 0.901. The van der Waals surface area contributed by atoms with Crippen LogP contribution in [-0.4, -0.2) is 24.1 Å². The van der Waals surface area contributed by atoms with Gasteiger partial charge in [-0.2, -0.15) is 8.78 Å². The Morgan fingerprint density at radius 1 is 1.21 bits per heavy atom. The summed E-state index contributed by atoms with van der Waals surface area (Å²) in [6, 6.07) is 1.50. The van der Waals surface area contributed by atoms with Gasteiger partial charge in [-0.3, -0.25) is 0 Å². The second-order valence-electron chi connectivity index (χ2n) is 2.74. The fourth-order valence-corrected chi connectivity index (χ4v) is 1.60. The number of nitrogens with zero attached hydrogens (tertiary/aromatic N) is 2. The van der Waals surface area contributed by atoms with Gasteiger partial charge in [-0.25, -0.2) is 18.4 Å². The summed E-state index contributed by atoms with van der Waals surface area (Å²) in [6.45, 7) is 3.03. The molecule has 78 valence electrons. The summed E-state index contributed by atoms with van der Waals surface area (Å²) in [5, 5.41) is -0.815. The van der Waals surface area contributed by atoms with Crippen molar-refractivity contribution in [3.63, 3.8) is 0 Å². The average molecular weight is 222 g/mol. The van der Waals surface area contributed by atoms with Gasteiger partial charge < -0.3 is 0 Å². The van der Waals surface area contributed by atoms with Crippen molar-refractivity contribution in [1.82, 2.24) is 9.97 Å². The van der Waals surface area contributed by atoms with Gasteiger partial charge in [0.15, 0.2) is 0 Å². The van der Waals surface area contributed by atoms with E-state index in [1.807, 2.05) is 0 Å². The van der Waals surface area contributed by atoms with Crippen LogP contribution < -0.4 is 0 Å². The van der Waals surface area contributed by atoms with E-state index in [4.69, 9.17) is 0 Å². The van der Waals surface area contributed by atoms with Crippen LogP contribution in [0, 0.1) is 13.8 Å². The summed E-state index contributed by atoms with van der Waals surface area (Å²) in [6.07, 6.45) is 0. The van der Waals surface area contributed by atoms with Crippen molar-refractivity contribution in [2.24, 2.45) is 0 Å². The third-order valence-corrected chi connectivity index (χ3v) is 2.61. The van der Waals surface area contributed by atoms with E-state index < -0.39 is 20.8 Å². The molecule has 0 aromatic carbocycles. The van der Waals surface area contributed by atoms with Crippen molar-refractivity contribution in [1.29, 1.82) is 0 Å². The van der Waals surface area contributed by atoms with Crippen LogP contribution >= 0.6 is 0 Å². The van der Waals surface area contributed by atoms with Crippen molar-refractivity contribution in [2.45, 2.75) is 24.8 Å². The molecule has 0 N–H and O–H groups in total. The Morgan fingerprint density at radius 2 is 1.64 bits per heavy atom. The van der Waals surface area contributed by atoms with Crippen molar-refractivity contribution in [2.75, 3.05) is 0 Å². The van der Waals surface area contributed by atoms with Crippen molar-refractivity contribution in [3.05, 3.63) is 17.5 Å². The van der Waals surface area contributed by atoms with Gasteiger partial charge in [0.1, 0.15) is 0 Å². The van der Waals surface area contributed by atoms with Crippen LogP contribution in [0.15, 0.2) is 11.2 Å². The highest BCUT2D eigenvalue weighted by Gasteiger charge is 2.29. The first kappa shape index (κ1) is 11.0. The lowest BCUT2D eigenvalue weighted by Crippen LogP contribution is -2.15. The van der Waals surface area contributed by atoms with E-state index in [0.717, 1.165) is 0 Å². The molecule has 0 radical (unpaired) electrons. The molecule has 0 saturated carbocycles. The van der Waals surface area contributed by atoms with E-state index in [9.17, 15) is 17.2 Å². The molecule has 1 heterocycles. The molecule has 0 amide bonds. The molecule has 7 heteroatoms. The number of rotatable bonds is 2. The molecule has 4 nitrogen and oxygen atoms in total. The highest BCUT2D eigenvalue weighted by molar-refractivity contribution is 7.91. The molecule has 0 atom stereocenters. The average Bonchev–Trinajstić information content (AvgIpc) is 2.01. The molecule has 0 fully saturated rings. The third kappa shape index (κ3) is 2.03. The minimum Gasteiger partial charge on any atom is -0.223 e. The first-order chi connectivity index (χ1) is 6.34. The zero-order valence-corrected chi connectivity index (χ0v) is 8.35. The smallest absolute Gasteiger partial charge is 0.223 e. The second-order valence-corrected chi connectivity index (χ2v) is 4.55. The predicted octanol–water partition coefficient (Wildman–Crippen LogP) is 1.09. The van der Waals surface area contributed by atoms with Crippen molar-refractivity contribution < 1.29 is 17.2 Å². The lowest BCUT2D eigenvalue weighted by atomic mass is 10.4. The second kappa shape index (κ2) is 3.56. The van der Waals surface area contributed by atoms with Crippen LogP contribution in [0.1, 0.15) is 11.4 Å². The highest BCUT2D eigenvalue weighted by Crippen LogP contribution is 2.14. The summed E-state index contributed by atoms with van der Waals surface area (Å²) >= 11 is 0. The van der Waals surface area contributed by atoms with Gasteiger partial charge in [0.25, 0.3) is 15.0 Å². The summed E-state index contributed by atoms with van der Waals surface area (Å²) in [5.41, 5.74) is 0.688. The number of hydrogen-bond donors (Lipinski definition) is 0. The molecule has 1 rings (SSSR count). The third-order valence-electron chi connectivity index (χ3n) is 1.45. The Balaban J connectivity index is 3.34. The van der Waals surface area contributed by atoms with Gasteiger partial charge in [0.2, 0.25) is 0 Å². The minimum atomic E-state index is -4.68. The zero-order chi connectivity index (χ0) is 10.9. The summed E-state index contributed by atoms with van der Waals surface area (Å²) in [7, 11) is -4.68. The molecular formula is C7H8F2N2O2S. The normalized spacial score (nSPS) is 12.1. The SMILES string of the molecule is Cc1cc(C)nc(S(=O)(=O)C(F)F)n1. The standard InChI is InChI=1S/C7H8F2N2O2S/c1-4-3-5(2)11-7(10-4)14(12,13)6(8)9/h3,6H,1-2H3. The van der Waals surface area contributed by atoms with E-state index in [1.165, 1.54) is 19.9 Å². The van der Waals surface area contributed by atoms with Gasteiger partial charge in [-0.05, 0) is 19.9 Å². The fraction of sp³-hybridized carbons (Fsp3) is 0.429. The van der Waals surface area contributed by atoms with Crippen LogP contribution in [0.5, 0.6) is 0 Å². The zero-order valence-electron chi connectivity index (χ0n) is 7.53. The molecule has 0 aliphatic carbocycles. The molecule has 0 aliphatic rings.